The van der Waals surface area contributed by atoms with E-state index in [9.17, 15) is 0 Å². The van der Waals surface area contributed by atoms with Gasteiger partial charge in [-0.25, -0.2) is 9.97 Å². The molecule has 0 aliphatic heterocycles. The Balaban J connectivity index is 1.71. The first-order valence-electron chi connectivity index (χ1n) is 6.78. The van der Waals surface area contributed by atoms with Crippen molar-refractivity contribution in [2.45, 2.75) is 25.7 Å². The predicted molar refractivity (Wildman–Crippen MR) is 75.3 cm³/mol. The second kappa shape index (κ2) is 5.34. The van der Waals surface area contributed by atoms with Crippen molar-refractivity contribution < 1.29 is 0 Å². The molecule has 4 heteroatoms. The fourth-order valence-electron chi connectivity index (χ4n) is 2.61. The molecule has 0 radical (unpaired) electrons. The molecule has 0 unspecified atom stereocenters. The Labute approximate surface area is 113 Å². The van der Waals surface area contributed by atoms with Crippen LogP contribution in [0.1, 0.15) is 23.4 Å². The lowest BCUT2D eigenvalue weighted by atomic mass is 10.2. The minimum absolute atomic E-state index is 0.931. The Kier molecular flexibility index (Phi) is 3.40. The maximum absolute atomic E-state index is 4.46. The molecule has 0 spiro atoms. The first kappa shape index (κ1) is 12.1. The number of fused-ring (bicyclic) bond motifs is 1. The maximum Gasteiger partial charge on any atom is 0.135 e. The Bertz CT molecular complexity index is 553. The summed E-state index contributed by atoms with van der Waals surface area (Å²) in [5.41, 5.74) is 3.70. The van der Waals surface area contributed by atoms with Crippen LogP contribution in [0.5, 0.6) is 0 Å². The lowest BCUT2D eigenvalue weighted by Gasteiger charge is -2.20. The molecule has 4 nitrogen and oxygen atoms in total. The Morgan fingerprint density at radius 2 is 2.11 bits per heavy atom. The molecule has 0 bridgehead atoms. The molecule has 19 heavy (non-hydrogen) atoms. The smallest absolute Gasteiger partial charge is 0.135 e. The van der Waals surface area contributed by atoms with Crippen LogP contribution in [0.15, 0.2) is 30.7 Å². The van der Waals surface area contributed by atoms with E-state index in [4.69, 9.17) is 0 Å². The van der Waals surface area contributed by atoms with E-state index in [0.717, 1.165) is 37.3 Å². The van der Waals surface area contributed by atoms with Gasteiger partial charge >= 0.3 is 0 Å². The molecule has 3 rings (SSSR count). The minimum Gasteiger partial charge on any atom is -0.359 e. The largest absolute Gasteiger partial charge is 0.359 e. The second-order valence-corrected chi connectivity index (χ2v) is 4.97. The molecule has 0 amide bonds. The highest BCUT2D eigenvalue weighted by molar-refractivity contribution is 5.49. The summed E-state index contributed by atoms with van der Waals surface area (Å²) in [6, 6.07) is 6.05. The Morgan fingerprint density at radius 1 is 1.16 bits per heavy atom. The first-order valence-corrected chi connectivity index (χ1v) is 6.78. The van der Waals surface area contributed by atoms with Crippen LogP contribution in [0.3, 0.4) is 0 Å². The van der Waals surface area contributed by atoms with E-state index in [1.165, 1.54) is 17.7 Å². The van der Waals surface area contributed by atoms with Gasteiger partial charge < -0.3 is 4.90 Å². The van der Waals surface area contributed by atoms with Crippen molar-refractivity contribution >= 4 is 5.82 Å². The van der Waals surface area contributed by atoms with Gasteiger partial charge in [-0.15, -0.1) is 0 Å². The fourth-order valence-corrected chi connectivity index (χ4v) is 2.61. The van der Waals surface area contributed by atoms with Gasteiger partial charge in [-0.2, -0.15) is 0 Å². The summed E-state index contributed by atoms with van der Waals surface area (Å²) < 4.78 is 0. The molecule has 2 aromatic rings. The van der Waals surface area contributed by atoms with E-state index >= 15 is 0 Å². The zero-order chi connectivity index (χ0) is 13.1. The van der Waals surface area contributed by atoms with Crippen LogP contribution in [-0.4, -0.2) is 28.5 Å². The van der Waals surface area contributed by atoms with E-state index in [0.29, 0.717) is 0 Å². The summed E-state index contributed by atoms with van der Waals surface area (Å²) in [5, 5.41) is 0. The number of aryl methyl sites for hydroxylation is 1. The van der Waals surface area contributed by atoms with Gasteiger partial charge in [0, 0.05) is 43.2 Å². The van der Waals surface area contributed by atoms with Crippen molar-refractivity contribution in [2.24, 2.45) is 0 Å². The van der Waals surface area contributed by atoms with Crippen LogP contribution < -0.4 is 4.90 Å². The molecule has 0 saturated carbocycles. The Morgan fingerprint density at radius 3 is 2.95 bits per heavy atom. The van der Waals surface area contributed by atoms with Gasteiger partial charge in [0.2, 0.25) is 0 Å². The van der Waals surface area contributed by atoms with Crippen molar-refractivity contribution in [1.82, 2.24) is 15.0 Å². The summed E-state index contributed by atoms with van der Waals surface area (Å²) in [7, 11) is 2.10. The zero-order valence-corrected chi connectivity index (χ0v) is 11.2. The van der Waals surface area contributed by atoms with Gasteiger partial charge in [0.15, 0.2) is 0 Å². The predicted octanol–water partition coefficient (Wildman–Crippen LogP) is 2.04. The molecule has 0 N–H and O–H groups in total. The van der Waals surface area contributed by atoms with Gasteiger partial charge in [0.25, 0.3) is 0 Å². The average molecular weight is 254 g/mol. The summed E-state index contributed by atoms with van der Waals surface area (Å²) in [6.45, 7) is 0.931. The van der Waals surface area contributed by atoms with E-state index in [2.05, 4.69) is 33.0 Å². The van der Waals surface area contributed by atoms with Gasteiger partial charge in [0.1, 0.15) is 12.1 Å². The number of likely N-dealkylation sites (N-methyl/N-ethyl adjacent to an activating group) is 1. The zero-order valence-electron chi connectivity index (χ0n) is 11.2. The van der Waals surface area contributed by atoms with Crippen LogP contribution in [0, 0.1) is 0 Å². The molecule has 0 fully saturated rings. The van der Waals surface area contributed by atoms with E-state index in [1.807, 2.05) is 18.3 Å². The summed E-state index contributed by atoms with van der Waals surface area (Å²) in [4.78, 5) is 15.4. The molecule has 1 aliphatic carbocycles. The third kappa shape index (κ3) is 2.57. The third-order valence-electron chi connectivity index (χ3n) is 3.64. The molecule has 1 aliphatic rings. The normalized spacial score (nSPS) is 13.3. The van der Waals surface area contributed by atoms with Crippen molar-refractivity contribution in [3.05, 3.63) is 47.7 Å². The highest BCUT2D eigenvalue weighted by Gasteiger charge is 2.19. The van der Waals surface area contributed by atoms with Crippen LogP contribution in [0.2, 0.25) is 0 Å². The summed E-state index contributed by atoms with van der Waals surface area (Å²) in [5.74, 6) is 1.10. The molecule has 98 valence electrons. The monoisotopic (exact) mass is 254 g/mol. The number of hydrogen-bond donors (Lipinski definition) is 0. The number of aromatic nitrogens is 3. The molecular formula is C15H18N4. The van der Waals surface area contributed by atoms with Crippen molar-refractivity contribution in [2.75, 3.05) is 18.5 Å². The molecular weight excluding hydrogens is 236 g/mol. The van der Waals surface area contributed by atoms with Crippen LogP contribution in [-0.2, 0) is 19.3 Å². The number of hydrogen-bond acceptors (Lipinski definition) is 4. The highest BCUT2D eigenvalue weighted by Crippen LogP contribution is 2.27. The van der Waals surface area contributed by atoms with Gasteiger partial charge in [0.05, 0.1) is 0 Å². The number of anilines is 1. The number of pyridine rings is 1. The van der Waals surface area contributed by atoms with Crippen molar-refractivity contribution in [3.63, 3.8) is 0 Å². The van der Waals surface area contributed by atoms with E-state index in [1.54, 1.807) is 6.33 Å². The lowest BCUT2D eigenvalue weighted by Crippen LogP contribution is -2.23. The molecule has 2 aromatic heterocycles. The lowest BCUT2D eigenvalue weighted by molar-refractivity contribution is 0.826. The number of nitrogens with zero attached hydrogens (tertiary/aromatic N) is 4. The molecule has 0 atom stereocenters. The summed E-state index contributed by atoms with van der Waals surface area (Å²) >= 11 is 0. The van der Waals surface area contributed by atoms with E-state index < -0.39 is 0 Å². The number of rotatable bonds is 4. The molecule has 0 saturated heterocycles. The maximum atomic E-state index is 4.46. The van der Waals surface area contributed by atoms with E-state index in [-0.39, 0.29) is 0 Å². The SMILES string of the molecule is CN(CCc1ccccn1)c1ncnc2c1CCC2. The van der Waals surface area contributed by atoms with Gasteiger partial charge in [-0.05, 0) is 31.4 Å². The highest BCUT2D eigenvalue weighted by atomic mass is 15.2. The molecule has 2 heterocycles. The minimum atomic E-state index is 0.931. The van der Waals surface area contributed by atoms with Crippen molar-refractivity contribution in [1.29, 1.82) is 0 Å². The van der Waals surface area contributed by atoms with Crippen LogP contribution in [0.4, 0.5) is 5.82 Å². The average Bonchev–Trinajstić information content (AvgIpc) is 2.94. The third-order valence-corrected chi connectivity index (χ3v) is 3.64. The fraction of sp³-hybridized carbons (Fsp3) is 0.400. The Hall–Kier alpha value is -1.97. The van der Waals surface area contributed by atoms with Gasteiger partial charge in [-0.1, -0.05) is 6.07 Å². The van der Waals surface area contributed by atoms with Crippen LogP contribution in [0.25, 0.3) is 0 Å². The summed E-state index contributed by atoms with van der Waals surface area (Å²) in [6.07, 6.45) is 7.89. The molecule has 0 aromatic carbocycles. The van der Waals surface area contributed by atoms with Gasteiger partial charge in [-0.3, -0.25) is 4.98 Å². The first-order chi connectivity index (χ1) is 9.34. The quantitative estimate of drug-likeness (QED) is 0.837. The topological polar surface area (TPSA) is 41.9 Å². The van der Waals surface area contributed by atoms with Crippen molar-refractivity contribution in [3.8, 4) is 0 Å². The second-order valence-electron chi connectivity index (χ2n) is 4.97. The standard InChI is InChI=1S/C15H18N4/c1-19(10-8-12-5-2-3-9-16-12)15-13-6-4-7-14(13)17-11-18-15/h2-3,5,9,11H,4,6-8,10H2,1H3. The van der Waals surface area contributed by atoms with Crippen LogP contribution >= 0.6 is 0 Å².